The Kier molecular flexibility index (Phi) is 4.35. The van der Waals surface area contributed by atoms with Crippen molar-refractivity contribution in [3.05, 3.63) is 0 Å². The van der Waals surface area contributed by atoms with Crippen LogP contribution in [0.1, 0.15) is 26.2 Å². The molecule has 0 aliphatic heterocycles. The van der Waals surface area contributed by atoms with Gasteiger partial charge in [-0.15, -0.1) is 0 Å². The first-order valence-corrected chi connectivity index (χ1v) is 5.24. The van der Waals surface area contributed by atoms with Gasteiger partial charge in [0.2, 0.25) is 5.91 Å². The van der Waals surface area contributed by atoms with E-state index in [1.54, 1.807) is 7.05 Å². The molecule has 1 saturated carbocycles. The minimum absolute atomic E-state index is 0.161. The molecule has 3 N–H and O–H groups in total. The number of ether oxygens (including phenoxy) is 1. The van der Waals surface area contributed by atoms with Crippen molar-refractivity contribution in [3.8, 4) is 0 Å². The fourth-order valence-electron chi connectivity index (χ4n) is 1.43. The van der Waals surface area contributed by atoms with Gasteiger partial charge >= 0.3 is 0 Å². The Morgan fingerprint density at radius 1 is 1.64 bits per heavy atom. The molecule has 0 heterocycles. The third-order valence-electron chi connectivity index (χ3n) is 2.87. The van der Waals surface area contributed by atoms with E-state index < -0.39 is 6.04 Å². The fraction of sp³-hybridized carbons (Fsp3) is 0.900. The smallest absolute Gasteiger partial charge is 0.239 e. The molecule has 0 unspecified atom stereocenters. The number of rotatable bonds is 5. The Hall–Kier alpha value is -0.610. The molecule has 1 rings (SSSR count). The molecule has 0 aromatic heterocycles. The van der Waals surface area contributed by atoms with Gasteiger partial charge in [-0.05, 0) is 25.7 Å². The summed E-state index contributed by atoms with van der Waals surface area (Å²) < 4.78 is 5.54. The second-order valence-corrected chi connectivity index (χ2v) is 3.98. The SMILES string of the molecule is CNC(=O)[C@@H](N)[C@@H](C)OCC1CCC1. The maximum absolute atomic E-state index is 11.2. The largest absolute Gasteiger partial charge is 0.376 e. The zero-order valence-corrected chi connectivity index (χ0v) is 8.95. The number of carbonyl (C=O) groups excluding carboxylic acids is 1. The first-order valence-electron chi connectivity index (χ1n) is 5.24. The van der Waals surface area contributed by atoms with Gasteiger partial charge in [0.25, 0.3) is 0 Å². The Morgan fingerprint density at radius 2 is 2.29 bits per heavy atom. The van der Waals surface area contributed by atoms with E-state index in [1.165, 1.54) is 19.3 Å². The average Bonchev–Trinajstić information content (AvgIpc) is 2.12. The van der Waals surface area contributed by atoms with Crippen molar-refractivity contribution in [1.29, 1.82) is 0 Å². The first-order chi connectivity index (χ1) is 6.65. The highest BCUT2D eigenvalue weighted by Gasteiger charge is 2.23. The van der Waals surface area contributed by atoms with Crippen LogP contribution in [0.5, 0.6) is 0 Å². The lowest BCUT2D eigenvalue weighted by atomic mass is 9.86. The summed E-state index contributed by atoms with van der Waals surface area (Å²) in [5.74, 6) is 0.528. The van der Waals surface area contributed by atoms with E-state index >= 15 is 0 Å². The summed E-state index contributed by atoms with van der Waals surface area (Å²) in [5.41, 5.74) is 5.68. The van der Waals surface area contributed by atoms with E-state index in [-0.39, 0.29) is 12.0 Å². The van der Waals surface area contributed by atoms with Crippen LogP contribution in [0.15, 0.2) is 0 Å². The second-order valence-electron chi connectivity index (χ2n) is 3.98. The molecule has 1 amide bonds. The van der Waals surface area contributed by atoms with E-state index in [1.807, 2.05) is 6.92 Å². The summed E-state index contributed by atoms with van der Waals surface area (Å²) in [4.78, 5) is 11.2. The Bertz CT molecular complexity index is 193. The first kappa shape index (κ1) is 11.5. The summed E-state index contributed by atoms with van der Waals surface area (Å²) in [5, 5.41) is 2.52. The number of hydrogen-bond acceptors (Lipinski definition) is 3. The van der Waals surface area contributed by atoms with Gasteiger partial charge in [0, 0.05) is 13.7 Å². The predicted octanol–water partition coefficient (Wildman–Crippen LogP) is 0.265. The molecule has 0 radical (unpaired) electrons. The van der Waals surface area contributed by atoms with Crippen LogP contribution in [0.3, 0.4) is 0 Å². The summed E-state index contributed by atoms with van der Waals surface area (Å²) in [6.07, 6.45) is 3.61. The molecule has 2 atom stereocenters. The van der Waals surface area contributed by atoms with Gasteiger partial charge < -0.3 is 15.8 Å². The molecular formula is C10H20N2O2. The maximum Gasteiger partial charge on any atom is 0.239 e. The van der Waals surface area contributed by atoms with Crippen LogP contribution in [0.4, 0.5) is 0 Å². The van der Waals surface area contributed by atoms with E-state index in [2.05, 4.69) is 5.32 Å². The van der Waals surface area contributed by atoms with E-state index in [0.29, 0.717) is 5.92 Å². The molecule has 1 aliphatic carbocycles. The molecule has 0 aromatic rings. The van der Waals surface area contributed by atoms with Gasteiger partial charge in [0.1, 0.15) is 6.04 Å². The minimum atomic E-state index is -0.555. The molecule has 0 aromatic carbocycles. The molecule has 1 aliphatic rings. The minimum Gasteiger partial charge on any atom is -0.376 e. The lowest BCUT2D eigenvalue weighted by Crippen LogP contribution is -2.47. The van der Waals surface area contributed by atoms with Crippen LogP contribution < -0.4 is 11.1 Å². The van der Waals surface area contributed by atoms with Crippen LogP contribution >= 0.6 is 0 Å². The molecule has 0 spiro atoms. The van der Waals surface area contributed by atoms with Crippen LogP contribution in [0, 0.1) is 5.92 Å². The van der Waals surface area contributed by atoms with Crippen molar-refractivity contribution in [2.45, 2.75) is 38.3 Å². The molecule has 0 bridgehead atoms. The molecule has 4 nitrogen and oxygen atoms in total. The third kappa shape index (κ3) is 2.96. The molecule has 14 heavy (non-hydrogen) atoms. The van der Waals surface area contributed by atoms with Crippen molar-refractivity contribution in [1.82, 2.24) is 5.32 Å². The van der Waals surface area contributed by atoms with E-state index in [4.69, 9.17) is 10.5 Å². The monoisotopic (exact) mass is 200 g/mol. The number of likely N-dealkylation sites (N-methyl/N-ethyl adjacent to an activating group) is 1. The van der Waals surface area contributed by atoms with E-state index in [9.17, 15) is 4.79 Å². The van der Waals surface area contributed by atoms with E-state index in [0.717, 1.165) is 6.61 Å². The van der Waals surface area contributed by atoms with Gasteiger partial charge in [0.15, 0.2) is 0 Å². The summed E-state index contributed by atoms with van der Waals surface area (Å²) >= 11 is 0. The van der Waals surface area contributed by atoms with Crippen molar-refractivity contribution in [3.63, 3.8) is 0 Å². The highest BCUT2D eigenvalue weighted by Crippen LogP contribution is 2.26. The van der Waals surface area contributed by atoms with Crippen LogP contribution in [-0.2, 0) is 9.53 Å². The van der Waals surface area contributed by atoms with Crippen molar-refractivity contribution < 1.29 is 9.53 Å². The predicted molar refractivity (Wildman–Crippen MR) is 54.8 cm³/mol. The van der Waals surface area contributed by atoms with Crippen LogP contribution in [0.2, 0.25) is 0 Å². The maximum atomic E-state index is 11.2. The second kappa shape index (κ2) is 5.32. The fourth-order valence-corrected chi connectivity index (χ4v) is 1.43. The Labute approximate surface area is 85.2 Å². The van der Waals surface area contributed by atoms with Gasteiger partial charge in [0.05, 0.1) is 6.10 Å². The standard InChI is InChI=1S/C10H20N2O2/c1-7(9(11)10(13)12-2)14-6-8-4-3-5-8/h7-9H,3-6,11H2,1-2H3,(H,12,13)/t7-,9+/m1/s1. The zero-order valence-electron chi connectivity index (χ0n) is 8.95. The number of hydrogen-bond donors (Lipinski definition) is 2. The van der Waals surface area contributed by atoms with Crippen molar-refractivity contribution in [2.75, 3.05) is 13.7 Å². The highest BCUT2D eigenvalue weighted by molar-refractivity contribution is 5.81. The summed E-state index contributed by atoms with van der Waals surface area (Å²) in [6.45, 7) is 2.59. The molecular weight excluding hydrogens is 180 g/mol. The van der Waals surface area contributed by atoms with Crippen LogP contribution in [-0.4, -0.2) is 31.7 Å². The normalized spacial score (nSPS) is 21.1. The topological polar surface area (TPSA) is 64.4 Å². The quantitative estimate of drug-likeness (QED) is 0.669. The van der Waals surface area contributed by atoms with Gasteiger partial charge in [-0.2, -0.15) is 0 Å². The summed E-state index contributed by atoms with van der Waals surface area (Å²) in [7, 11) is 1.58. The van der Waals surface area contributed by atoms with Gasteiger partial charge in [-0.1, -0.05) is 6.42 Å². The third-order valence-corrected chi connectivity index (χ3v) is 2.87. The lowest BCUT2D eigenvalue weighted by Gasteiger charge is -2.28. The van der Waals surface area contributed by atoms with Gasteiger partial charge in [-0.25, -0.2) is 0 Å². The molecule has 0 saturated heterocycles. The number of nitrogens with one attached hydrogen (secondary N) is 1. The molecule has 1 fully saturated rings. The number of amides is 1. The molecule has 82 valence electrons. The molecule has 4 heteroatoms. The zero-order chi connectivity index (χ0) is 10.6. The van der Waals surface area contributed by atoms with Crippen molar-refractivity contribution in [2.24, 2.45) is 11.7 Å². The highest BCUT2D eigenvalue weighted by atomic mass is 16.5. The Morgan fingerprint density at radius 3 is 2.71 bits per heavy atom. The Balaban J connectivity index is 2.18. The summed E-state index contributed by atoms with van der Waals surface area (Å²) in [6, 6.07) is -0.555. The lowest BCUT2D eigenvalue weighted by molar-refractivity contribution is -0.125. The average molecular weight is 200 g/mol. The van der Waals surface area contributed by atoms with Crippen LogP contribution in [0.25, 0.3) is 0 Å². The number of carbonyl (C=O) groups is 1. The number of nitrogens with two attached hydrogens (primary N) is 1. The van der Waals surface area contributed by atoms with Crippen molar-refractivity contribution >= 4 is 5.91 Å². The van der Waals surface area contributed by atoms with Gasteiger partial charge in [-0.3, -0.25) is 4.79 Å².